The fourth-order valence-electron chi connectivity index (χ4n) is 3.28. The molecule has 1 atom stereocenters. The van der Waals surface area contributed by atoms with Gasteiger partial charge in [0.15, 0.2) is 0 Å². The number of carbonyl (C=O) groups is 1. The quantitative estimate of drug-likeness (QED) is 0.841. The summed E-state index contributed by atoms with van der Waals surface area (Å²) < 4.78 is 5.08. The molecule has 1 N–H and O–H groups in total. The maximum absolute atomic E-state index is 12.6. The van der Waals surface area contributed by atoms with E-state index < -0.39 is 5.60 Å². The molecule has 1 fully saturated rings. The highest BCUT2D eigenvalue weighted by atomic mass is 16.5. The average molecular weight is 356 g/mol. The first kappa shape index (κ1) is 18.3. The van der Waals surface area contributed by atoms with Crippen LogP contribution in [0, 0.1) is 0 Å². The number of anilines is 1. The van der Waals surface area contributed by atoms with Gasteiger partial charge in [0.1, 0.15) is 11.4 Å². The van der Waals surface area contributed by atoms with Gasteiger partial charge in [-0.25, -0.2) is 4.98 Å². The lowest BCUT2D eigenvalue weighted by atomic mass is 10.0. The molecule has 0 radical (unpaired) electrons. The SMILES string of the molecule is COCc1ccc(C(=O)N(C)C[C@]2(O)CCN(c3cnccn3)C2)cc1. The Labute approximate surface area is 153 Å². The van der Waals surface area contributed by atoms with E-state index in [0.29, 0.717) is 31.7 Å². The molecule has 0 spiro atoms. The maximum Gasteiger partial charge on any atom is 0.253 e. The average Bonchev–Trinajstić information content (AvgIpc) is 3.04. The third kappa shape index (κ3) is 4.17. The molecule has 3 rings (SSSR count). The molecule has 0 aliphatic carbocycles. The lowest BCUT2D eigenvalue weighted by molar-refractivity contribution is 0.0264. The van der Waals surface area contributed by atoms with Crippen molar-refractivity contribution in [2.24, 2.45) is 0 Å². The second kappa shape index (κ2) is 7.80. The highest BCUT2D eigenvalue weighted by Gasteiger charge is 2.38. The molecule has 2 aromatic rings. The van der Waals surface area contributed by atoms with Crippen LogP contribution in [0.2, 0.25) is 0 Å². The van der Waals surface area contributed by atoms with Crippen molar-refractivity contribution in [3.63, 3.8) is 0 Å². The molecule has 0 saturated carbocycles. The van der Waals surface area contributed by atoms with Crippen LogP contribution in [0.15, 0.2) is 42.9 Å². The number of hydrogen-bond acceptors (Lipinski definition) is 6. The van der Waals surface area contributed by atoms with Crippen LogP contribution in [0.4, 0.5) is 5.82 Å². The second-order valence-electron chi connectivity index (χ2n) is 6.75. The summed E-state index contributed by atoms with van der Waals surface area (Å²) in [7, 11) is 3.35. The monoisotopic (exact) mass is 356 g/mol. The number of amides is 1. The van der Waals surface area contributed by atoms with Crippen LogP contribution in [-0.2, 0) is 11.3 Å². The summed E-state index contributed by atoms with van der Waals surface area (Å²) >= 11 is 0. The molecule has 7 nitrogen and oxygen atoms in total. The Kier molecular flexibility index (Phi) is 5.49. The van der Waals surface area contributed by atoms with Gasteiger partial charge in [0.05, 0.1) is 19.3 Å². The zero-order valence-electron chi connectivity index (χ0n) is 15.1. The van der Waals surface area contributed by atoms with Crippen molar-refractivity contribution in [1.29, 1.82) is 0 Å². The molecule has 1 aromatic carbocycles. The number of methoxy groups -OCH3 is 1. The predicted octanol–water partition coefficient (Wildman–Crippen LogP) is 1.34. The number of aromatic nitrogens is 2. The lowest BCUT2D eigenvalue weighted by Crippen LogP contribution is -2.45. The van der Waals surface area contributed by atoms with Gasteiger partial charge >= 0.3 is 0 Å². The Morgan fingerprint density at radius 2 is 2.12 bits per heavy atom. The molecular weight excluding hydrogens is 332 g/mol. The summed E-state index contributed by atoms with van der Waals surface area (Å²) in [4.78, 5) is 24.5. The number of nitrogens with zero attached hydrogens (tertiary/aromatic N) is 4. The largest absolute Gasteiger partial charge is 0.386 e. The van der Waals surface area contributed by atoms with Crippen LogP contribution < -0.4 is 4.90 Å². The van der Waals surface area contributed by atoms with Crippen molar-refractivity contribution in [1.82, 2.24) is 14.9 Å². The normalized spacial score (nSPS) is 19.6. The van der Waals surface area contributed by atoms with Crippen molar-refractivity contribution < 1.29 is 14.6 Å². The third-order valence-corrected chi connectivity index (χ3v) is 4.60. The van der Waals surface area contributed by atoms with Crippen molar-refractivity contribution >= 4 is 11.7 Å². The zero-order chi connectivity index (χ0) is 18.6. The summed E-state index contributed by atoms with van der Waals surface area (Å²) in [5.74, 6) is 0.631. The molecule has 0 bridgehead atoms. The van der Waals surface area contributed by atoms with Gasteiger partial charge < -0.3 is 19.6 Å². The minimum Gasteiger partial charge on any atom is -0.386 e. The third-order valence-electron chi connectivity index (χ3n) is 4.60. The molecule has 0 unspecified atom stereocenters. The van der Waals surface area contributed by atoms with Crippen molar-refractivity contribution in [2.45, 2.75) is 18.6 Å². The molecule has 2 heterocycles. The van der Waals surface area contributed by atoms with Crippen LogP contribution >= 0.6 is 0 Å². The Balaban J connectivity index is 1.61. The number of aliphatic hydroxyl groups is 1. The molecule has 1 aliphatic rings. The first-order chi connectivity index (χ1) is 12.5. The van der Waals surface area contributed by atoms with Gasteiger partial charge in [-0.15, -0.1) is 0 Å². The summed E-state index contributed by atoms with van der Waals surface area (Å²) in [6.07, 6.45) is 5.52. The molecule has 1 saturated heterocycles. The van der Waals surface area contributed by atoms with Crippen LogP contribution in [0.5, 0.6) is 0 Å². The van der Waals surface area contributed by atoms with E-state index in [9.17, 15) is 9.90 Å². The van der Waals surface area contributed by atoms with Gasteiger partial charge in [0.2, 0.25) is 0 Å². The minimum absolute atomic E-state index is 0.111. The van der Waals surface area contributed by atoms with E-state index in [0.717, 1.165) is 11.4 Å². The number of rotatable bonds is 6. The standard InChI is InChI=1S/C19H24N4O3/c1-22(18(24)16-5-3-15(4-6-16)12-26-2)13-19(25)7-10-23(14-19)17-11-20-8-9-21-17/h3-6,8-9,11,25H,7,10,12-14H2,1-2H3/t19-/m1/s1. The second-order valence-corrected chi connectivity index (χ2v) is 6.75. The van der Waals surface area contributed by atoms with Crippen LogP contribution in [0.3, 0.4) is 0 Å². The molecule has 138 valence electrons. The first-order valence-electron chi connectivity index (χ1n) is 8.57. The maximum atomic E-state index is 12.6. The fraction of sp³-hybridized carbons (Fsp3) is 0.421. The van der Waals surface area contributed by atoms with Crippen molar-refractivity contribution in [2.75, 3.05) is 38.7 Å². The number of hydrogen-bond donors (Lipinski definition) is 1. The summed E-state index contributed by atoms with van der Waals surface area (Å²) in [6, 6.07) is 7.34. The van der Waals surface area contributed by atoms with Crippen LogP contribution in [0.25, 0.3) is 0 Å². The van der Waals surface area contributed by atoms with Crippen molar-refractivity contribution in [3.05, 3.63) is 54.0 Å². The topological polar surface area (TPSA) is 78.8 Å². The van der Waals surface area contributed by atoms with Gasteiger partial charge in [-0.2, -0.15) is 0 Å². The highest BCUT2D eigenvalue weighted by Crippen LogP contribution is 2.26. The molecule has 1 amide bonds. The first-order valence-corrected chi connectivity index (χ1v) is 8.57. The van der Waals surface area contributed by atoms with Gasteiger partial charge in [-0.3, -0.25) is 9.78 Å². The van der Waals surface area contributed by atoms with Gasteiger partial charge in [0.25, 0.3) is 5.91 Å². The molecule has 26 heavy (non-hydrogen) atoms. The number of likely N-dealkylation sites (N-methyl/N-ethyl adjacent to an activating group) is 1. The number of β-amino-alcohol motifs (C(OH)–C–C–N with tert-alkyl or cyclic N) is 1. The van der Waals surface area contributed by atoms with E-state index in [1.54, 1.807) is 49.8 Å². The number of benzene rings is 1. The fourth-order valence-corrected chi connectivity index (χ4v) is 3.28. The number of ether oxygens (including phenoxy) is 1. The molecular formula is C19H24N4O3. The van der Waals surface area contributed by atoms with Gasteiger partial charge in [0, 0.05) is 45.2 Å². The van der Waals surface area contributed by atoms with Crippen LogP contribution in [-0.4, -0.2) is 65.3 Å². The van der Waals surface area contributed by atoms with Gasteiger partial charge in [-0.1, -0.05) is 12.1 Å². The summed E-state index contributed by atoms with van der Waals surface area (Å²) in [5, 5.41) is 10.9. The zero-order valence-corrected chi connectivity index (χ0v) is 15.1. The van der Waals surface area contributed by atoms with E-state index in [2.05, 4.69) is 9.97 Å². The Bertz CT molecular complexity index is 738. The summed E-state index contributed by atoms with van der Waals surface area (Å²) in [6.45, 7) is 1.89. The van der Waals surface area contributed by atoms with Gasteiger partial charge in [-0.05, 0) is 24.1 Å². The smallest absolute Gasteiger partial charge is 0.253 e. The minimum atomic E-state index is -0.960. The summed E-state index contributed by atoms with van der Waals surface area (Å²) in [5.41, 5.74) is 0.651. The Morgan fingerprint density at radius 1 is 1.35 bits per heavy atom. The molecule has 1 aliphatic heterocycles. The van der Waals surface area contributed by atoms with E-state index in [1.165, 1.54) is 0 Å². The highest BCUT2D eigenvalue weighted by molar-refractivity contribution is 5.94. The van der Waals surface area contributed by atoms with E-state index in [1.807, 2.05) is 17.0 Å². The Morgan fingerprint density at radius 3 is 2.77 bits per heavy atom. The molecule has 1 aromatic heterocycles. The predicted molar refractivity (Wildman–Crippen MR) is 97.9 cm³/mol. The van der Waals surface area contributed by atoms with E-state index in [4.69, 9.17) is 4.74 Å². The lowest BCUT2D eigenvalue weighted by Gasteiger charge is -2.29. The molecule has 7 heteroatoms. The van der Waals surface area contributed by atoms with Crippen molar-refractivity contribution in [3.8, 4) is 0 Å². The number of carbonyl (C=O) groups excluding carboxylic acids is 1. The Hall–Kier alpha value is -2.51. The van der Waals surface area contributed by atoms with E-state index >= 15 is 0 Å². The van der Waals surface area contributed by atoms with E-state index in [-0.39, 0.29) is 12.5 Å². The van der Waals surface area contributed by atoms with Crippen LogP contribution in [0.1, 0.15) is 22.3 Å².